The van der Waals surface area contributed by atoms with Gasteiger partial charge in [0, 0.05) is 31.2 Å². The summed E-state index contributed by atoms with van der Waals surface area (Å²) in [7, 11) is 0. The van der Waals surface area contributed by atoms with Crippen LogP contribution in [0.2, 0.25) is 0 Å². The standard InChI is InChI=1S/C15H20N2O3/c1-11-9-16-6-7-17(11)15(19)10-20-14-5-3-4-13(8-14)12(2)18/h3-5,8,11,16H,6-7,9-10H2,1-2H3. The third kappa shape index (κ3) is 3.57. The Hall–Kier alpha value is -1.88. The van der Waals surface area contributed by atoms with Gasteiger partial charge in [0.05, 0.1) is 0 Å². The fourth-order valence-corrected chi connectivity index (χ4v) is 2.24. The molecule has 0 saturated carbocycles. The molecule has 5 heteroatoms. The average Bonchev–Trinajstić information content (AvgIpc) is 2.45. The molecule has 1 aromatic carbocycles. The van der Waals surface area contributed by atoms with Gasteiger partial charge in [0.1, 0.15) is 5.75 Å². The second-order valence-electron chi connectivity index (χ2n) is 5.01. The largest absolute Gasteiger partial charge is 0.484 e. The number of rotatable bonds is 4. The molecule has 1 heterocycles. The Morgan fingerprint density at radius 2 is 2.25 bits per heavy atom. The van der Waals surface area contributed by atoms with Crippen LogP contribution in [0.15, 0.2) is 24.3 Å². The third-order valence-electron chi connectivity index (χ3n) is 3.42. The number of ketones is 1. The van der Waals surface area contributed by atoms with E-state index in [2.05, 4.69) is 5.32 Å². The summed E-state index contributed by atoms with van der Waals surface area (Å²) < 4.78 is 5.50. The van der Waals surface area contributed by atoms with Crippen molar-refractivity contribution in [3.8, 4) is 5.75 Å². The van der Waals surface area contributed by atoms with Crippen molar-refractivity contribution < 1.29 is 14.3 Å². The van der Waals surface area contributed by atoms with E-state index >= 15 is 0 Å². The first-order chi connectivity index (χ1) is 9.58. The first-order valence-corrected chi connectivity index (χ1v) is 6.82. The fourth-order valence-electron chi connectivity index (χ4n) is 2.24. The average molecular weight is 276 g/mol. The molecule has 1 amide bonds. The summed E-state index contributed by atoms with van der Waals surface area (Å²) in [6.07, 6.45) is 0. The lowest BCUT2D eigenvalue weighted by molar-refractivity contribution is -0.136. The highest BCUT2D eigenvalue weighted by molar-refractivity contribution is 5.94. The number of hydrogen-bond donors (Lipinski definition) is 1. The Balaban J connectivity index is 1.92. The van der Waals surface area contributed by atoms with Crippen molar-refractivity contribution in [1.29, 1.82) is 0 Å². The predicted molar refractivity (Wildman–Crippen MR) is 76.0 cm³/mol. The normalized spacial score (nSPS) is 18.7. The van der Waals surface area contributed by atoms with Gasteiger partial charge in [-0.15, -0.1) is 0 Å². The van der Waals surface area contributed by atoms with Crippen LogP contribution in [0, 0.1) is 0 Å². The van der Waals surface area contributed by atoms with Crippen LogP contribution in [-0.4, -0.2) is 48.9 Å². The van der Waals surface area contributed by atoms with Crippen LogP contribution in [-0.2, 0) is 4.79 Å². The molecule has 1 fully saturated rings. The number of carbonyl (C=O) groups excluding carboxylic acids is 2. The van der Waals surface area contributed by atoms with E-state index in [1.54, 1.807) is 24.3 Å². The zero-order valence-corrected chi connectivity index (χ0v) is 11.9. The first kappa shape index (κ1) is 14.5. The zero-order valence-electron chi connectivity index (χ0n) is 11.9. The summed E-state index contributed by atoms with van der Waals surface area (Å²) in [6.45, 7) is 5.86. The number of amides is 1. The second-order valence-corrected chi connectivity index (χ2v) is 5.01. The molecular formula is C15H20N2O3. The SMILES string of the molecule is CC(=O)c1cccc(OCC(=O)N2CCNCC2C)c1. The molecule has 5 nitrogen and oxygen atoms in total. The summed E-state index contributed by atoms with van der Waals surface area (Å²) in [4.78, 5) is 25.2. The van der Waals surface area contributed by atoms with E-state index < -0.39 is 0 Å². The molecular weight excluding hydrogens is 256 g/mol. The summed E-state index contributed by atoms with van der Waals surface area (Å²) >= 11 is 0. The number of nitrogens with zero attached hydrogens (tertiary/aromatic N) is 1. The number of hydrogen-bond acceptors (Lipinski definition) is 4. The van der Waals surface area contributed by atoms with Crippen LogP contribution in [0.5, 0.6) is 5.75 Å². The monoisotopic (exact) mass is 276 g/mol. The maximum atomic E-state index is 12.1. The molecule has 1 N–H and O–H groups in total. The van der Waals surface area contributed by atoms with Gasteiger partial charge in [-0.25, -0.2) is 0 Å². The Labute approximate surface area is 118 Å². The highest BCUT2D eigenvalue weighted by Crippen LogP contribution is 2.14. The number of nitrogens with one attached hydrogen (secondary N) is 1. The highest BCUT2D eigenvalue weighted by Gasteiger charge is 2.23. The van der Waals surface area contributed by atoms with Crippen LogP contribution >= 0.6 is 0 Å². The highest BCUT2D eigenvalue weighted by atomic mass is 16.5. The van der Waals surface area contributed by atoms with Gasteiger partial charge < -0.3 is 15.0 Å². The van der Waals surface area contributed by atoms with Crippen molar-refractivity contribution in [1.82, 2.24) is 10.2 Å². The van der Waals surface area contributed by atoms with Crippen molar-refractivity contribution in [2.24, 2.45) is 0 Å². The van der Waals surface area contributed by atoms with Crippen LogP contribution in [0.1, 0.15) is 24.2 Å². The van der Waals surface area contributed by atoms with Crippen molar-refractivity contribution in [3.63, 3.8) is 0 Å². The molecule has 1 unspecified atom stereocenters. The fraction of sp³-hybridized carbons (Fsp3) is 0.467. The Morgan fingerprint density at radius 1 is 1.45 bits per heavy atom. The van der Waals surface area contributed by atoms with Gasteiger partial charge >= 0.3 is 0 Å². The zero-order chi connectivity index (χ0) is 14.5. The maximum absolute atomic E-state index is 12.1. The van der Waals surface area contributed by atoms with Gasteiger partial charge in [-0.05, 0) is 26.0 Å². The lowest BCUT2D eigenvalue weighted by Gasteiger charge is -2.33. The maximum Gasteiger partial charge on any atom is 0.260 e. The van der Waals surface area contributed by atoms with Gasteiger partial charge in [-0.1, -0.05) is 12.1 Å². The van der Waals surface area contributed by atoms with E-state index in [-0.39, 0.29) is 24.3 Å². The van der Waals surface area contributed by atoms with E-state index in [0.29, 0.717) is 17.9 Å². The molecule has 1 saturated heterocycles. The van der Waals surface area contributed by atoms with Crippen LogP contribution in [0.25, 0.3) is 0 Å². The predicted octanol–water partition coefficient (Wildman–Crippen LogP) is 1.09. The van der Waals surface area contributed by atoms with Gasteiger partial charge in [0.25, 0.3) is 5.91 Å². The number of ether oxygens (including phenoxy) is 1. The number of benzene rings is 1. The number of Topliss-reactive ketones (excluding diaryl/α,β-unsaturated/α-hetero) is 1. The molecule has 0 spiro atoms. The summed E-state index contributed by atoms with van der Waals surface area (Å²) in [6, 6.07) is 7.08. The first-order valence-electron chi connectivity index (χ1n) is 6.82. The van der Waals surface area contributed by atoms with Crippen LogP contribution < -0.4 is 10.1 Å². The third-order valence-corrected chi connectivity index (χ3v) is 3.42. The van der Waals surface area contributed by atoms with Crippen LogP contribution in [0.3, 0.4) is 0 Å². The van der Waals surface area contributed by atoms with Gasteiger partial charge in [-0.3, -0.25) is 9.59 Å². The topological polar surface area (TPSA) is 58.6 Å². The molecule has 2 rings (SSSR count). The van der Waals surface area contributed by atoms with Gasteiger partial charge in [0.2, 0.25) is 0 Å². The minimum Gasteiger partial charge on any atom is -0.484 e. The van der Waals surface area contributed by atoms with E-state index in [0.717, 1.165) is 13.1 Å². The van der Waals surface area contributed by atoms with E-state index in [9.17, 15) is 9.59 Å². The molecule has 1 aliphatic heterocycles. The molecule has 0 bridgehead atoms. The quantitative estimate of drug-likeness (QED) is 0.836. The van der Waals surface area contributed by atoms with E-state index in [1.807, 2.05) is 11.8 Å². The lowest BCUT2D eigenvalue weighted by Crippen LogP contribution is -2.53. The lowest BCUT2D eigenvalue weighted by atomic mass is 10.1. The summed E-state index contributed by atoms with van der Waals surface area (Å²) in [5.41, 5.74) is 0.588. The van der Waals surface area contributed by atoms with E-state index in [4.69, 9.17) is 4.74 Å². The van der Waals surface area contributed by atoms with Crippen molar-refractivity contribution in [2.75, 3.05) is 26.2 Å². The molecule has 0 aliphatic carbocycles. The van der Waals surface area contributed by atoms with Gasteiger partial charge in [-0.2, -0.15) is 0 Å². The summed E-state index contributed by atoms with van der Waals surface area (Å²) in [5, 5.41) is 3.24. The Bertz CT molecular complexity index is 502. The van der Waals surface area contributed by atoms with Crippen molar-refractivity contribution in [2.45, 2.75) is 19.9 Å². The van der Waals surface area contributed by atoms with Crippen LogP contribution in [0.4, 0.5) is 0 Å². The van der Waals surface area contributed by atoms with Crippen molar-refractivity contribution in [3.05, 3.63) is 29.8 Å². The molecule has 0 radical (unpaired) electrons. The Kier molecular flexibility index (Phi) is 4.74. The summed E-state index contributed by atoms with van der Waals surface area (Å²) in [5.74, 6) is 0.513. The second kappa shape index (κ2) is 6.52. The van der Waals surface area contributed by atoms with E-state index in [1.165, 1.54) is 6.92 Å². The number of piperazine rings is 1. The molecule has 1 atom stereocenters. The molecule has 0 aromatic heterocycles. The molecule has 108 valence electrons. The Morgan fingerprint density at radius 3 is 2.95 bits per heavy atom. The minimum absolute atomic E-state index is 0.00565. The molecule has 20 heavy (non-hydrogen) atoms. The number of carbonyl (C=O) groups is 2. The smallest absolute Gasteiger partial charge is 0.260 e. The molecule has 1 aromatic rings. The minimum atomic E-state index is -0.0211. The van der Waals surface area contributed by atoms with Crippen molar-refractivity contribution >= 4 is 11.7 Å². The molecule has 1 aliphatic rings. The van der Waals surface area contributed by atoms with Gasteiger partial charge in [0.15, 0.2) is 12.4 Å².